The molecule has 0 saturated heterocycles. The van der Waals surface area contributed by atoms with Crippen molar-refractivity contribution in [2.24, 2.45) is 0 Å². The van der Waals surface area contributed by atoms with Gasteiger partial charge in [-0.2, -0.15) is 0 Å². The normalized spacial score (nSPS) is 13.4. The minimum atomic E-state index is -0.329. The lowest BCUT2D eigenvalue weighted by molar-refractivity contribution is -0.108. The first-order valence-corrected chi connectivity index (χ1v) is 2.39. The van der Waals surface area contributed by atoms with E-state index in [0.29, 0.717) is 12.8 Å². The minimum Gasteiger partial charge on any atom is -0.393 e. The quantitative estimate of drug-likeness (QED) is 0.522. The SMILES string of the molecule is C[C@H](O)CCC=O. The fourth-order valence-electron chi connectivity index (χ4n) is 0.309. The van der Waals surface area contributed by atoms with E-state index in [1.165, 1.54) is 0 Å². The summed E-state index contributed by atoms with van der Waals surface area (Å²) in [5.74, 6) is 0. The maximum absolute atomic E-state index is 9.60. The van der Waals surface area contributed by atoms with Crippen molar-refractivity contribution in [3.63, 3.8) is 0 Å². The van der Waals surface area contributed by atoms with Gasteiger partial charge in [-0.3, -0.25) is 0 Å². The first-order valence-electron chi connectivity index (χ1n) is 2.39. The third-order valence-electron chi connectivity index (χ3n) is 0.702. The van der Waals surface area contributed by atoms with Gasteiger partial charge < -0.3 is 9.90 Å². The summed E-state index contributed by atoms with van der Waals surface area (Å²) < 4.78 is 0. The molecule has 0 rings (SSSR count). The van der Waals surface area contributed by atoms with Crippen LogP contribution in [0.15, 0.2) is 0 Å². The molecule has 1 N–H and O–H groups in total. The van der Waals surface area contributed by atoms with Crippen molar-refractivity contribution in [2.45, 2.75) is 25.9 Å². The minimum absolute atomic E-state index is 0.329. The first kappa shape index (κ1) is 6.63. The third-order valence-corrected chi connectivity index (χ3v) is 0.702. The topological polar surface area (TPSA) is 37.3 Å². The van der Waals surface area contributed by atoms with Gasteiger partial charge in [0.2, 0.25) is 0 Å². The second-order valence-corrected chi connectivity index (χ2v) is 1.59. The molecule has 2 heteroatoms. The highest BCUT2D eigenvalue weighted by molar-refractivity contribution is 5.49. The molecule has 0 bridgehead atoms. The average molecular weight is 102 g/mol. The number of aldehydes is 1. The Bertz CT molecular complexity index is 50.0. The zero-order valence-corrected chi connectivity index (χ0v) is 4.42. The summed E-state index contributed by atoms with van der Waals surface area (Å²) >= 11 is 0. The van der Waals surface area contributed by atoms with E-state index in [1.54, 1.807) is 6.92 Å². The van der Waals surface area contributed by atoms with E-state index >= 15 is 0 Å². The molecule has 0 aliphatic heterocycles. The van der Waals surface area contributed by atoms with E-state index in [2.05, 4.69) is 0 Å². The van der Waals surface area contributed by atoms with E-state index in [-0.39, 0.29) is 6.10 Å². The van der Waals surface area contributed by atoms with Crippen LogP contribution in [0.5, 0.6) is 0 Å². The Morgan fingerprint density at radius 2 is 2.43 bits per heavy atom. The highest BCUT2D eigenvalue weighted by Crippen LogP contribution is 1.90. The molecule has 0 aliphatic carbocycles. The van der Waals surface area contributed by atoms with E-state index in [4.69, 9.17) is 5.11 Å². The molecule has 0 aromatic carbocycles. The standard InChI is InChI=1S/C5H10O2/c1-5(7)3-2-4-6/h4-5,7H,2-3H2,1H3/t5-/m0/s1. The van der Waals surface area contributed by atoms with Crippen LogP contribution in [-0.4, -0.2) is 17.5 Å². The van der Waals surface area contributed by atoms with Gasteiger partial charge in [-0.1, -0.05) is 0 Å². The molecule has 0 heterocycles. The molecule has 0 radical (unpaired) electrons. The van der Waals surface area contributed by atoms with Crippen molar-refractivity contribution in [3.05, 3.63) is 0 Å². The molecule has 0 saturated carbocycles. The van der Waals surface area contributed by atoms with Crippen LogP contribution < -0.4 is 0 Å². The van der Waals surface area contributed by atoms with E-state index < -0.39 is 0 Å². The van der Waals surface area contributed by atoms with Gasteiger partial charge >= 0.3 is 0 Å². The molecular weight excluding hydrogens is 92.1 g/mol. The number of aliphatic hydroxyl groups excluding tert-OH is 1. The van der Waals surface area contributed by atoms with Crippen molar-refractivity contribution >= 4 is 6.29 Å². The van der Waals surface area contributed by atoms with Crippen molar-refractivity contribution in [1.29, 1.82) is 0 Å². The van der Waals surface area contributed by atoms with Crippen molar-refractivity contribution in [3.8, 4) is 0 Å². The number of aliphatic hydroxyl groups is 1. The van der Waals surface area contributed by atoms with E-state index in [9.17, 15) is 4.79 Å². The van der Waals surface area contributed by atoms with Gasteiger partial charge in [0.25, 0.3) is 0 Å². The van der Waals surface area contributed by atoms with E-state index in [1.807, 2.05) is 0 Å². The molecule has 0 aliphatic rings. The zero-order valence-electron chi connectivity index (χ0n) is 4.42. The molecule has 0 unspecified atom stereocenters. The Kier molecular flexibility index (Phi) is 3.61. The van der Waals surface area contributed by atoms with Gasteiger partial charge in [-0.25, -0.2) is 0 Å². The van der Waals surface area contributed by atoms with Gasteiger partial charge in [-0.15, -0.1) is 0 Å². The first-order chi connectivity index (χ1) is 3.27. The van der Waals surface area contributed by atoms with Gasteiger partial charge in [0.05, 0.1) is 6.10 Å². The third kappa shape index (κ3) is 5.63. The Balaban J connectivity index is 2.81. The Hall–Kier alpha value is -0.370. The zero-order chi connectivity index (χ0) is 5.70. The van der Waals surface area contributed by atoms with Crippen LogP contribution in [0.4, 0.5) is 0 Å². The second kappa shape index (κ2) is 3.81. The lowest BCUT2D eigenvalue weighted by atomic mass is 10.2. The van der Waals surface area contributed by atoms with Gasteiger partial charge in [0.1, 0.15) is 6.29 Å². The predicted molar refractivity (Wildman–Crippen MR) is 27.0 cm³/mol. The van der Waals surface area contributed by atoms with Crippen LogP contribution in [0.1, 0.15) is 19.8 Å². The van der Waals surface area contributed by atoms with Crippen molar-refractivity contribution in [2.75, 3.05) is 0 Å². The van der Waals surface area contributed by atoms with Crippen LogP contribution in [0.3, 0.4) is 0 Å². The van der Waals surface area contributed by atoms with Crippen LogP contribution in [0.2, 0.25) is 0 Å². The van der Waals surface area contributed by atoms with Gasteiger partial charge in [0.15, 0.2) is 0 Å². The summed E-state index contributed by atoms with van der Waals surface area (Å²) in [6, 6.07) is 0. The highest BCUT2D eigenvalue weighted by Gasteiger charge is 1.90. The number of carbonyl (C=O) groups excluding carboxylic acids is 1. The summed E-state index contributed by atoms with van der Waals surface area (Å²) in [6.07, 6.45) is 1.54. The summed E-state index contributed by atoms with van der Waals surface area (Å²) in [5, 5.41) is 8.52. The molecule has 0 aromatic heterocycles. The summed E-state index contributed by atoms with van der Waals surface area (Å²) in [7, 11) is 0. The highest BCUT2D eigenvalue weighted by atomic mass is 16.3. The Morgan fingerprint density at radius 3 is 2.57 bits per heavy atom. The lowest BCUT2D eigenvalue weighted by Crippen LogP contribution is -1.98. The molecule has 0 amide bonds. The van der Waals surface area contributed by atoms with Crippen LogP contribution >= 0.6 is 0 Å². The summed E-state index contributed by atoms with van der Waals surface area (Å²) in [6.45, 7) is 1.67. The largest absolute Gasteiger partial charge is 0.393 e. The Morgan fingerprint density at radius 1 is 1.86 bits per heavy atom. The fourth-order valence-corrected chi connectivity index (χ4v) is 0.309. The lowest BCUT2D eigenvalue weighted by Gasteiger charge is -1.95. The molecule has 7 heavy (non-hydrogen) atoms. The summed E-state index contributed by atoms with van der Waals surface area (Å²) in [4.78, 5) is 9.60. The van der Waals surface area contributed by atoms with E-state index in [0.717, 1.165) is 6.29 Å². The fraction of sp³-hybridized carbons (Fsp3) is 0.800. The molecule has 0 aromatic rings. The summed E-state index contributed by atoms with van der Waals surface area (Å²) in [5.41, 5.74) is 0. The van der Waals surface area contributed by atoms with Crippen LogP contribution in [0.25, 0.3) is 0 Å². The van der Waals surface area contributed by atoms with Crippen LogP contribution in [0, 0.1) is 0 Å². The number of carbonyl (C=O) groups is 1. The molecule has 2 nitrogen and oxygen atoms in total. The second-order valence-electron chi connectivity index (χ2n) is 1.59. The monoisotopic (exact) mass is 102 g/mol. The maximum atomic E-state index is 9.60. The molecule has 1 atom stereocenters. The molecule has 42 valence electrons. The number of hydrogen-bond donors (Lipinski definition) is 1. The van der Waals surface area contributed by atoms with Gasteiger partial charge in [-0.05, 0) is 13.3 Å². The maximum Gasteiger partial charge on any atom is 0.120 e. The van der Waals surface area contributed by atoms with Crippen molar-refractivity contribution < 1.29 is 9.90 Å². The number of rotatable bonds is 3. The smallest absolute Gasteiger partial charge is 0.120 e. The van der Waals surface area contributed by atoms with Gasteiger partial charge in [0, 0.05) is 6.42 Å². The number of hydrogen-bond acceptors (Lipinski definition) is 2. The van der Waals surface area contributed by atoms with Crippen molar-refractivity contribution in [1.82, 2.24) is 0 Å². The Labute approximate surface area is 43.2 Å². The molecule has 0 fully saturated rings. The molecular formula is C5H10O2. The molecule has 0 spiro atoms. The predicted octanol–water partition coefficient (Wildman–Crippen LogP) is 0.346. The van der Waals surface area contributed by atoms with Crippen LogP contribution in [-0.2, 0) is 4.79 Å². The average Bonchev–Trinajstić information content (AvgIpc) is 1.61.